The summed E-state index contributed by atoms with van der Waals surface area (Å²) in [5.41, 5.74) is 5.55. The Kier molecular flexibility index (Phi) is 5.32. The molecule has 0 saturated carbocycles. The van der Waals surface area contributed by atoms with Crippen molar-refractivity contribution in [3.8, 4) is 0 Å². The molecule has 0 spiro atoms. The third-order valence-electron chi connectivity index (χ3n) is 1.63. The lowest BCUT2D eigenvalue weighted by Crippen LogP contribution is -2.23. The van der Waals surface area contributed by atoms with Crippen LogP contribution in [0.1, 0.15) is 19.8 Å². The van der Waals surface area contributed by atoms with Crippen molar-refractivity contribution < 1.29 is 9.90 Å². The summed E-state index contributed by atoms with van der Waals surface area (Å²) in [4.78, 5) is 10.3. The number of aliphatic carboxylic acids is 1. The zero-order chi connectivity index (χ0) is 8.85. The third kappa shape index (κ3) is 5.09. The van der Waals surface area contributed by atoms with E-state index in [0.29, 0.717) is 12.2 Å². The Hall–Kier alpha value is -0.220. The van der Waals surface area contributed by atoms with Crippen LogP contribution >= 0.6 is 12.6 Å². The van der Waals surface area contributed by atoms with Crippen molar-refractivity contribution in [2.75, 3.05) is 5.75 Å². The minimum absolute atomic E-state index is 0.0279. The summed E-state index contributed by atoms with van der Waals surface area (Å²) in [6.07, 6.45) is 1.37. The molecule has 0 bridgehead atoms. The van der Waals surface area contributed by atoms with Crippen molar-refractivity contribution in [1.82, 2.24) is 0 Å². The molecule has 0 saturated heterocycles. The predicted octanol–water partition coefficient (Wildman–Crippen LogP) is 0.744. The second kappa shape index (κ2) is 5.43. The van der Waals surface area contributed by atoms with Crippen molar-refractivity contribution in [1.29, 1.82) is 0 Å². The van der Waals surface area contributed by atoms with Gasteiger partial charge in [0.25, 0.3) is 0 Å². The van der Waals surface area contributed by atoms with Gasteiger partial charge in [-0.1, -0.05) is 6.92 Å². The van der Waals surface area contributed by atoms with Gasteiger partial charge >= 0.3 is 5.97 Å². The van der Waals surface area contributed by atoms with E-state index in [1.165, 1.54) is 0 Å². The maximum absolute atomic E-state index is 10.3. The fraction of sp³-hybridized carbons (Fsp3) is 0.857. The van der Waals surface area contributed by atoms with Crippen LogP contribution in [0.25, 0.3) is 0 Å². The molecular weight excluding hydrogens is 162 g/mol. The van der Waals surface area contributed by atoms with Gasteiger partial charge in [-0.05, 0) is 12.8 Å². The summed E-state index contributed by atoms with van der Waals surface area (Å²) in [5, 5.41) is 8.51. The fourth-order valence-electron chi connectivity index (χ4n) is 0.679. The van der Waals surface area contributed by atoms with Crippen LogP contribution in [-0.4, -0.2) is 22.9 Å². The van der Waals surface area contributed by atoms with Gasteiger partial charge in [0.15, 0.2) is 0 Å². The lowest BCUT2D eigenvalue weighted by molar-refractivity contribution is -0.141. The first-order valence-corrected chi connectivity index (χ1v) is 4.30. The number of hydrogen-bond acceptors (Lipinski definition) is 3. The number of nitrogens with two attached hydrogens (primary N) is 1. The van der Waals surface area contributed by atoms with Gasteiger partial charge in [-0.3, -0.25) is 4.79 Å². The highest BCUT2D eigenvalue weighted by atomic mass is 32.1. The van der Waals surface area contributed by atoms with Crippen LogP contribution in [-0.2, 0) is 4.79 Å². The Morgan fingerprint density at radius 1 is 1.64 bits per heavy atom. The molecule has 11 heavy (non-hydrogen) atoms. The zero-order valence-corrected chi connectivity index (χ0v) is 7.55. The molecular formula is C7H15NO2S. The van der Waals surface area contributed by atoms with E-state index in [9.17, 15) is 4.79 Å². The molecule has 0 aromatic rings. The molecule has 0 aromatic carbocycles. The highest BCUT2D eigenvalue weighted by molar-refractivity contribution is 7.80. The van der Waals surface area contributed by atoms with E-state index < -0.39 is 5.97 Å². The molecule has 0 fully saturated rings. The average molecular weight is 177 g/mol. The van der Waals surface area contributed by atoms with Crippen molar-refractivity contribution in [3.63, 3.8) is 0 Å². The molecule has 0 rings (SSSR count). The van der Waals surface area contributed by atoms with Gasteiger partial charge in [0.2, 0.25) is 0 Å². The first kappa shape index (κ1) is 10.8. The highest BCUT2D eigenvalue weighted by Crippen LogP contribution is 2.07. The molecule has 3 N–H and O–H groups in total. The number of carboxylic acid groups (broad SMARTS) is 1. The van der Waals surface area contributed by atoms with Crippen LogP contribution in [0.15, 0.2) is 0 Å². The molecule has 4 heteroatoms. The smallest absolute Gasteiger partial charge is 0.306 e. The van der Waals surface area contributed by atoms with Gasteiger partial charge in [-0.25, -0.2) is 0 Å². The SMILES string of the molecule is C[C@@H](CC[C@H](N)CS)C(=O)O. The van der Waals surface area contributed by atoms with Gasteiger partial charge in [-0.2, -0.15) is 12.6 Å². The average Bonchev–Trinajstić information content (AvgIpc) is 1.99. The number of carbonyl (C=O) groups is 1. The summed E-state index contributed by atoms with van der Waals surface area (Å²) in [5.74, 6) is -0.427. The van der Waals surface area contributed by atoms with Crippen molar-refractivity contribution >= 4 is 18.6 Å². The van der Waals surface area contributed by atoms with E-state index in [-0.39, 0.29) is 12.0 Å². The molecule has 0 aromatic heterocycles. The Morgan fingerprint density at radius 2 is 2.18 bits per heavy atom. The molecule has 0 aliphatic heterocycles. The summed E-state index contributed by atoms with van der Waals surface area (Å²) in [7, 11) is 0. The van der Waals surface area contributed by atoms with Crippen molar-refractivity contribution in [3.05, 3.63) is 0 Å². The highest BCUT2D eigenvalue weighted by Gasteiger charge is 2.11. The van der Waals surface area contributed by atoms with Crippen LogP contribution < -0.4 is 5.73 Å². The minimum atomic E-state index is -0.753. The number of hydrogen-bond donors (Lipinski definition) is 3. The van der Waals surface area contributed by atoms with Crippen LogP contribution in [0.5, 0.6) is 0 Å². The van der Waals surface area contributed by atoms with E-state index in [1.54, 1.807) is 6.92 Å². The van der Waals surface area contributed by atoms with Gasteiger partial charge in [0, 0.05) is 11.8 Å². The zero-order valence-electron chi connectivity index (χ0n) is 6.66. The summed E-state index contributed by atoms with van der Waals surface area (Å²) in [6.45, 7) is 1.69. The predicted molar refractivity (Wildman–Crippen MR) is 47.9 cm³/mol. The second-order valence-corrected chi connectivity index (χ2v) is 3.12. The minimum Gasteiger partial charge on any atom is -0.481 e. The van der Waals surface area contributed by atoms with E-state index in [0.717, 1.165) is 6.42 Å². The van der Waals surface area contributed by atoms with Gasteiger partial charge in [-0.15, -0.1) is 0 Å². The Balaban J connectivity index is 3.45. The molecule has 0 amide bonds. The molecule has 2 atom stereocenters. The van der Waals surface area contributed by atoms with Crippen LogP contribution in [0, 0.1) is 5.92 Å². The quantitative estimate of drug-likeness (QED) is 0.543. The van der Waals surface area contributed by atoms with Gasteiger partial charge in [0.05, 0.1) is 5.92 Å². The lowest BCUT2D eigenvalue weighted by atomic mass is 10.0. The standard InChI is InChI=1S/C7H15NO2S/c1-5(7(9)10)2-3-6(8)4-11/h5-6,11H,2-4,8H2,1H3,(H,9,10)/t5-,6-/m0/s1. The Bertz CT molecular complexity index is 130. The summed E-state index contributed by atoms with van der Waals surface area (Å²) < 4.78 is 0. The second-order valence-electron chi connectivity index (χ2n) is 2.76. The number of thiol groups is 1. The molecule has 0 aliphatic carbocycles. The van der Waals surface area contributed by atoms with Crippen LogP contribution in [0.2, 0.25) is 0 Å². The normalized spacial score (nSPS) is 15.9. The molecule has 66 valence electrons. The van der Waals surface area contributed by atoms with E-state index in [2.05, 4.69) is 12.6 Å². The number of carboxylic acids is 1. The van der Waals surface area contributed by atoms with Gasteiger partial charge in [0.1, 0.15) is 0 Å². The van der Waals surface area contributed by atoms with E-state index >= 15 is 0 Å². The Labute approximate surface area is 72.4 Å². The summed E-state index contributed by atoms with van der Waals surface area (Å²) in [6, 6.07) is 0.0279. The van der Waals surface area contributed by atoms with E-state index in [1.807, 2.05) is 0 Å². The van der Waals surface area contributed by atoms with Crippen molar-refractivity contribution in [2.24, 2.45) is 11.7 Å². The molecule has 0 aliphatic rings. The number of rotatable bonds is 5. The van der Waals surface area contributed by atoms with Crippen molar-refractivity contribution in [2.45, 2.75) is 25.8 Å². The molecule has 0 radical (unpaired) electrons. The maximum Gasteiger partial charge on any atom is 0.306 e. The summed E-state index contributed by atoms with van der Waals surface area (Å²) >= 11 is 4.00. The topological polar surface area (TPSA) is 63.3 Å². The lowest BCUT2D eigenvalue weighted by Gasteiger charge is -2.09. The monoisotopic (exact) mass is 177 g/mol. The van der Waals surface area contributed by atoms with Crippen LogP contribution in [0.3, 0.4) is 0 Å². The first-order chi connectivity index (χ1) is 5.07. The fourth-order valence-corrected chi connectivity index (χ4v) is 0.861. The maximum atomic E-state index is 10.3. The first-order valence-electron chi connectivity index (χ1n) is 3.67. The largest absolute Gasteiger partial charge is 0.481 e. The van der Waals surface area contributed by atoms with Crippen LogP contribution in [0.4, 0.5) is 0 Å². The van der Waals surface area contributed by atoms with E-state index in [4.69, 9.17) is 10.8 Å². The third-order valence-corrected chi connectivity index (χ3v) is 2.10. The Morgan fingerprint density at radius 3 is 2.55 bits per heavy atom. The van der Waals surface area contributed by atoms with Gasteiger partial charge < -0.3 is 10.8 Å². The molecule has 0 unspecified atom stereocenters. The molecule has 0 heterocycles. The molecule has 3 nitrogen and oxygen atoms in total.